The second-order valence-corrected chi connectivity index (χ2v) is 7.67. The summed E-state index contributed by atoms with van der Waals surface area (Å²) in [6, 6.07) is 15.0. The first kappa shape index (κ1) is 19.4. The molecule has 4 nitrogen and oxygen atoms in total. The summed E-state index contributed by atoms with van der Waals surface area (Å²) in [5.74, 6) is -0.181. The van der Waals surface area contributed by atoms with E-state index in [-0.39, 0.29) is 23.8 Å². The number of rotatable bonds is 4. The van der Waals surface area contributed by atoms with Crippen molar-refractivity contribution in [1.29, 1.82) is 0 Å². The molecule has 1 aliphatic rings. The third-order valence-corrected chi connectivity index (χ3v) is 5.36. The number of benzene rings is 2. The SMILES string of the molecule is Cc1ccc(C(=O)N2CCCC(C(=O)NC(C)c3ccc(Cl)cc3)C2)cc1. The molecule has 142 valence electrons. The van der Waals surface area contributed by atoms with Gasteiger partial charge in [0.25, 0.3) is 5.91 Å². The molecule has 1 fully saturated rings. The Morgan fingerprint density at radius 1 is 1.11 bits per heavy atom. The van der Waals surface area contributed by atoms with Gasteiger partial charge in [-0.1, -0.05) is 41.4 Å². The highest BCUT2D eigenvalue weighted by atomic mass is 35.5. The molecule has 1 N–H and O–H groups in total. The van der Waals surface area contributed by atoms with Crippen LogP contribution in [0.4, 0.5) is 0 Å². The van der Waals surface area contributed by atoms with Crippen molar-refractivity contribution in [3.05, 3.63) is 70.2 Å². The average Bonchev–Trinajstić information content (AvgIpc) is 2.68. The zero-order chi connectivity index (χ0) is 19.4. The predicted molar refractivity (Wildman–Crippen MR) is 108 cm³/mol. The fraction of sp³-hybridized carbons (Fsp3) is 0.364. The Labute approximate surface area is 165 Å². The number of hydrogen-bond acceptors (Lipinski definition) is 2. The van der Waals surface area contributed by atoms with Crippen molar-refractivity contribution in [2.24, 2.45) is 5.92 Å². The van der Waals surface area contributed by atoms with Crippen LogP contribution >= 0.6 is 11.6 Å². The van der Waals surface area contributed by atoms with Crippen LogP contribution in [-0.2, 0) is 4.79 Å². The molecule has 0 saturated carbocycles. The minimum absolute atomic E-state index is 0.00106. The van der Waals surface area contributed by atoms with Crippen LogP contribution in [0.5, 0.6) is 0 Å². The summed E-state index contributed by atoms with van der Waals surface area (Å²) in [7, 11) is 0. The Bertz CT molecular complexity index is 802. The molecule has 5 heteroatoms. The van der Waals surface area contributed by atoms with Gasteiger partial charge in [-0.2, -0.15) is 0 Å². The van der Waals surface area contributed by atoms with Gasteiger partial charge in [0.1, 0.15) is 0 Å². The summed E-state index contributed by atoms with van der Waals surface area (Å²) in [4.78, 5) is 27.3. The van der Waals surface area contributed by atoms with Gasteiger partial charge in [-0.3, -0.25) is 9.59 Å². The normalized spacial score (nSPS) is 18.0. The standard InChI is InChI=1S/C22H25ClN2O2/c1-15-5-7-18(8-6-15)22(27)25-13-3-4-19(14-25)21(26)24-16(2)17-9-11-20(23)12-10-17/h5-12,16,19H,3-4,13-14H2,1-2H3,(H,24,26). The van der Waals surface area contributed by atoms with Gasteiger partial charge in [0.15, 0.2) is 0 Å². The largest absolute Gasteiger partial charge is 0.349 e. The van der Waals surface area contributed by atoms with Crippen LogP contribution in [0.15, 0.2) is 48.5 Å². The van der Waals surface area contributed by atoms with E-state index < -0.39 is 0 Å². The lowest BCUT2D eigenvalue weighted by Gasteiger charge is -2.32. The number of carbonyl (C=O) groups excluding carboxylic acids is 2. The number of piperidine rings is 1. The van der Waals surface area contributed by atoms with Gasteiger partial charge in [0.2, 0.25) is 5.91 Å². The first-order chi connectivity index (χ1) is 12.9. The molecule has 1 aliphatic heterocycles. The fourth-order valence-corrected chi connectivity index (χ4v) is 3.55. The number of hydrogen-bond donors (Lipinski definition) is 1. The maximum absolute atomic E-state index is 12.7. The molecule has 3 rings (SSSR count). The Hall–Kier alpha value is -2.33. The summed E-state index contributed by atoms with van der Waals surface area (Å²) >= 11 is 5.92. The van der Waals surface area contributed by atoms with Crippen LogP contribution in [0.3, 0.4) is 0 Å². The van der Waals surface area contributed by atoms with E-state index in [4.69, 9.17) is 11.6 Å². The number of carbonyl (C=O) groups is 2. The van der Waals surface area contributed by atoms with E-state index in [1.807, 2.05) is 62.4 Å². The smallest absolute Gasteiger partial charge is 0.253 e. The number of nitrogens with zero attached hydrogens (tertiary/aromatic N) is 1. The molecule has 27 heavy (non-hydrogen) atoms. The second-order valence-electron chi connectivity index (χ2n) is 7.24. The highest BCUT2D eigenvalue weighted by Crippen LogP contribution is 2.21. The summed E-state index contributed by atoms with van der Waals surface area (Å²) in [5.41, 5.74) is 2.81. The quantitative estimate of drug-likeness (QED) is 0.850. The van der Waals surface area contributed by atoms with E-state index in [9.17, 15) is 9.59 Å². The summed E-state index contributed by atoms with van der Waals surface area (Å²) in [6.45, 7) is 5.12. The van der Waals surface area contributed by atoms with Crippen molar-refractivity contribution in [1.82, 2.24) is 10.2 Å². The van der Waals surface area contributed by atoms with E-state index in [1.165, 1.54) is 0 Å². The van der Waals surface area contributed by atoms with Crippen molar-refractivity contribution >= 4 is 23.4 Å². The topological polar surface area (TPSA) is 49.4 Å². The van der Waals surface area contributed by atoms with E-state index in [2.05, 4.69) is 5.32 Å². The lowest BCUT2D eigenvalue weighted by Crippen LogP contribution is -2.45. The number of aryl methyl sites for hydroxylation is 1. The molecular weight excluding hydrogens is 360 g/mol. The zero-order valence-corrected chi connectivity index (χ0v) is 16.5. The lowest BCUT2D eigenvalue weighted by atomic mass is 9.95. The highest BCUT2D eigenvalue weighted by molar-refractivity contribution is 6.30. The molecular formula is C22H25ClN2O2. The van der Waals surface area contributed by atoms with Crippen molar-refractivity contribution < 1.29 is 9.59 Å². The van der Waals surface area contributed by atoms with E-state index in [0.29, 0.717) is 23.7 Å². The molecule has 2 amide bonds. The third-order valence-electron chi connectivity index (χ3n) is 5.11. The molecule has 2 unspecified atom stereocenters. The van der Waals surface area contributed by atoms with Gasteiger partial charge >= 0.3 is 0 Å². The predicted octanol–water partition coefficient (Wildman–Crippen LogP) is 4.38. The molecule has 1 saturated heterocycles. The van der Waals surface area contributed by atoms with Gasteiger partial charge in [-0.25, -0.2) is 0 Å². The van der Waals surface area contributed by atoms with Gasteiger partial charge in [0.05, 0.1) is 12.0 Å². The molecule has 0 spiro atoms. The van der Waals surface area contributed by atoms with Gasteiger partial charge in [-0.05, 0) is 56.5 Å². The van der Waals surface area contributed by atoms with Crippen LogP contribution in [0.1, 0.15) is 47.3 Å². The highest BCUT2D eigenvalue weighted by Gasteiger charge is 2.29. The fourth-order valence-electron chi connectivity index (χ4n) is 3.42. The van der Waals surface area contributed by atoms with E-state index in [0.717, 1.165) is 24.0 Å². The zero-order valence-electron chi connectivity index (χ0n) is 15.7. The van der Waals surface area contributed by atoms with Gasteiger partial charge in [-0.15, -0.1) is 0 Å². The molecule has 2 atom stereocenters. The van der Waals surface area contributed by atoms with Crippen LogP contribution in [0, 0.1) is 12.8 Å². The second kappa shape index (κ2) is 8.57. The first-order valence-electron chi connectivity index (χ1n) is 9.36. The monoisotopic (exact) mass is 384 g/mol. The van der Waals surface area contributed by atoms with Crippen molar-refractivity contribution in [2.75, 3.05) is 13.1 Å². The Morgan fingerprint density at radius 2 is 1.78 bits per heavy atom. The van der Waals surface area contributed by atoms with Crippen LogP contribution in [-0.4, -0.2) is 29.8 Å². The molecule has 0 aliphatic carbocycles. The first-order valence-corrected chi connectivity index (χ1v) is 9.73. The Kier molecular flexibility index (Phi) is 6.17. The van der Waals surface area contributed by atoms with Gasteiger partial charge in [0, 0.05) is 23.7 Å². The molecule has 2 aromatic rings. The number of halogens is 1. The molecule has 2 aromatic carbocycles. The molecule has 0 radical (unpaired) electrons. The van der Waals surface area contributed by atoms with Crippen LogP contribution in [0.25, 0.3) is 0 Å². The summed E-state index contributed by atoms with van der Waals surface area (Å²) < 4.78 is 0. The molecule has 0 aromatic heterocycles. The van der Waals surface area contributed by atoms with Crippen molar-refractivity contribution in [2.45, 2.75) is 32.7 Å². The van der Waals surface area contributed by atoms with E-state index in [1.54, 1.807) is 4.90 Å². The van der Waals surface area contributed by atoms with Crippen LogP contribution in [0.2, 0.25) is 5.02 Å². The average molecular weight is 385 g/mol. The molecule has 0 bridgehead atoms. The maximum atomic E-state index is 12.7. The molecule has 1 heterocycles. The Balaban J connectivity index is 1.61. The summed E-state index contributed by atoms with van der Waals surface area (Å²) in [6.07, 6.45) is 1.64. The minimum atomic E-state index is -0.178. The number of likely N-dealkylation sites (tertiary alicyclic amines) is 1. The van der Waals surface area contributed by atoms with Crippen LogP contribution < -0.4 is 5.32 Å². The Morgan fingerprint density at radius 3 is 2.44 bits per heavy atom. The summed E-state index contributed by atoms with van der Waals surface area (Å²) in [5, 5.41) is 3.75. The number of amides is 2. The van der Waals surface area contributed by atoms with Crippen molar-refractivity contribution in [3.8, 4) is 0 Å². The maximum Gasteiger partial charge on any atom is 0.253 e. The van der Waals surface area contributed by atoms with Gasteiger partial charge < -0.3 is 10.2 Å². The van der Waals surface area contributed by atoms with E-state index >= 15 is 0 Å². The third kappa shape index (κ3) is 4.89. The lowest BCUT2D eigenvalue weighted by molar-refractivity contribution is -0.127. The minimum Gasteiger partial charge on any atom is -0.349 e. The number of nitrogens with one attached hydrogen (secondary N) is 1. The van der Waals surface area contributed by atoms with Crippen molar-refractivity contribution in [3.63, 3.8) is 0 Å².